The van der Waals surface area contributed by atoms with Crippen LogP contribution in [0.2, 0.25) is 0 Å². The lowest BCUT2D eigenvalue weighted by molar-refractivity contribution is 0.248. The van der Waals surface area contributed by atoms with Crippen LogP contribution in [0.4, 0.5) is 14.9 Å². The quantitative estimate of drug-likeness (QED) is 0.746. The van der Waals surface area contributed by atoms with Gasteiger partial charge in [-0.25, -0.2) is 9.18 Å². The van der Waals surface area contributed by atoms with Crippen molar-refractivity contribution in [1.29, 1.82) is 0 Å². The molecule has 0 fully saturated rings. The van der Waals surface area contributed by atoms with Crippen LogP contribution in [0.25, 0.3) is 0 Å². The van der Waals surface area contributed by atoms with E-state index in [1.807, 2.05) is 48.5 Å². The molecule has 0 saturated carbocycles. The molecule has 2 N–H and O–H groups in total. The van der Waals surface area contributed by atoms with E-state index in [4.69, 9.17) is 0 Å². The Morgan fingerprint density at radius 2 is 1.84 bits per heavy atom. The molecule has 1 atom stereocenters. The van der Waals surface area contributed by atoms with Gasteiger partial charge >= 0.3 is 6.03 Å². The highest BCUT2D eigenvalue weighted by atomic mass is 19.1. The molecule has 0 spiro atoms. The molecule has 0 radical (unpaired) electrons. The lowest BCUT2D eigenvalue weighted by Crippen LogP contribution is -2.34. The van der Waals surface area contributed by atoms with E-state index in [1.54, 1.807) is 6.20 Å². The number of amides is 2. The first kappa shape index (κ1) is 16.6. The fourth-order valence-corrected chi connectivity index (χ4v) is 2.46. The van der Waals surface area contributed by atoms with Gasteiger partial charge in [-0.05, 0) is 23.8 Å². The summed E-state index contributed by atoms with van der Waals surface area (Å²) in [4.78, 5) is 20.3. The average Bonchev–Trinajstić information content (AvgIpc) is 2.65. The summed E-state index contributed by atoms with van der Waals surface area (Å²) >= 11 is 0. The van der Waals surface area contributed by atoms with Gasteiger partial charge in [-0.1, -0.05) is 36.4 Å². The van der Waals surface area contributed by atoms with Crippen LogP contribution < -0.4 is 10.6 Å². The maximum absolute atomic E-state index is 13.6. The molecular formula is C19H17FN4O. The summed E-state index contributed by atoms with van der Waals surface area (Å²) < 4.78 is 13.6. The normalized spacial score (nSPS) is 11.6. The van der Waals surface area contributed by atoms with Crippen molar-refractivity contribution in [1.82, 2.24) is 15.3 Å². The molecule has 3 rings (SSSR count). The third kappa shape index (κ3) is 4.60. The maximum Gasteiger partial charge on any atom is 0.319 e. The summed E-state index contributed by atoms with van der Waals surface area (Å²) in [6, 6.07) is 15.9. The highest BCUT2D eigenvalue weighted by Crippen LogP contribution is 2.18. The van der Waals surface area contributed by atoms with Gasteiger partial charge < -0.3 is 10.6 Å². The van der Waals surface area contributed by atoms with Gasteiger partial charge in [0, 0.05) is 24.5 Å². The van der Waals surface area contributed by atoms with Crippen LogP contribution in [0.1, 0.15) is 17.3 Å². The molecule has 0 aliphatic rings. The number of hydrogen-bond donors (Lipinski definition) is 2. The Kier molecular flexibility index (Phi) is 5.31. The number of rotatable bonds is 5. The van der Waals surface area contributed by atoms with Crippen molar-refractivity contribution in [2.45, 2.75) is 12.5 Å². The average molecular weight is 336 g/mol. The van der Waals surface area contributed by atoms with E-state index in [0.29, 0.717) is 6.42 Å². The van der Waals surface area contributed by atoms with Crippen molar-refractivity contribution in [3.8, 4) is 0 Å². The number of halogens is 1. The van der Waals surface area contributed by atoms with E-state index in [0.717, 1.165) is 17.5 Å². The van der Waals surface area contributed by atoms with Gasteiger partial charge in [-0.3, -0.25) is 9.97 Å². The molecule has 2 heterocycles. The van der Waals surface area contributed by atoms with Crippen molar-refractivity contribution < 1.29 is 9.18 Å². The van der Waals surface area contributed by atoms with Crippen molar-refractivity contribution in [3.63, 3.8) is 0 Å². The van der Waals surface area contributed by atoms with E-state index in [9.17, 15) is 9.18 Å². The Labute approximate surface area is 145 Å². The van der Waals surface area contributed by atoms with Crippen molar-refractivity contribution >= 4 is 11.7 Å². The number of aromatic nitrogens is 2. The summed E-state index contributed by atoms with van der Waals surface area (Å²) in [5.74, 6) is -0.585. The zero-order chi connectivity index (χ0) is 17.5. The summed E-state index contributed by atoms with van der Waals surface area (Å²) in [7, 11) is 0. The zero-order valence-corrected chi connectivity index (χ0v) is 13.4. The van der Waals surface area contributed by atoms with Gasteiger partial charge in [0.1, 0.15) is 0 Å². The lowest BCUT2D eigenvalue weighted by Gasteiger charge is -2.19. The Morgan fingerprint density at radius 1 is 1.04 bits per heavy atom. The third-order valence-corrected chi connectivity index (χ3v) is 3.67. The van der Waals surface area contributed by atoms with Crippen LogP contribution in [0.5, 0.6) is 0 Å². The first-order valence-corrected chi connectivity index (χ1v) is 7.84. The monoisotopic (exact) mass is 336 g/mol. The largest absolute Gasteiger partial charge is 0.331 e. The predicted octanol–water partition coefficient (Wildman–Crippen LogP) is 3.72. The Bertz CT molecular complexity index is 827. The van der Waals surface area contributed by atoms with E-state index in [-0.39, 0.29) is 11.7 Å². The first-order chi connectivity index (χ1) is 12.2. The summed E-state index contributed by atoms with van der Waals surface area (Å²) in [5, 5.41) is 5.39. The molecule has 0 bridgehead atoms. The molecule has 0 unspecified atom stereocenters. The summed E-state index contributed by atoms with van der Waals surface area (Å²) in [6.45, 7) is 0. The smallest absolute Gasteiger partial charge is 0.319 e. The summed E-state index contributed by atoms with van der Waals surface area (Å²) in [6.07, 6.45) is 4.71. The number of hydrogen-bond acceptors (Lipinski definition) is 3. The van der Waals surface area contributed by atoms with E-state index in [1.165, 1.54) is 12.3 Å². The van der Waals surface area contributed by atoms with E-state index < -0.39 is 11.8 Å². The van der Waals surface area contributed by atoms with Gasteiger partial charge in [0.2, 0.25) is 0 Å². The maximum atomic E-state index is 13.6. The zero-order valence-electron chi connectivity index (χ0n) is 13.4. The van der Waals surface area contributed by atoms with Crippen LogP contribution in [0.15, 0.2) is 73.2 Å². The standard InChI is InChI=1S/C19H17FN4O/c20-16-13-21-11-9-17(16)23-19(25)24-18(14-6-2-1-3-7-14)12-15-8-4-5-10-22-15/h1-11,13,18H,12H2,(H2,21,23,24,25)/t18-/m1/s1. The van der Waals surface area contributed by atoms with Gasteiger partial charge in [0.25, 0.3) is 0 Å². The minimum absolute atomic E-state index is 0.0807. The Hall–Kier alpha value is -3.28. The number of pyridine rings is 2. The van der Waals surface area contributed by atoms with Gasteiger partial charge in [-0.15, -0.1) is 0 Å². The Morgan fingerprint density at radius 3 is 2.56 bits per heavy atom. The molecule has 3 aromatic rings. The minimum atomic E-state index is -0.585. The predicted molar refractivity (Wildman–Crippen MR) is 93.5 cm³/mol. The number of carbonyl (C=O) groups is 1. The molecule has 2 amide bonds. The first-order valence-electron chi connectivity index (χ1n) is 7.84. The summed E-state index contributed by atoms with van der Waals surface area (Å²) in [5.41, 5.74) is 1.88. The van der Waals surface area contributed by atoms with E-state index in [2.05, 4.69) is 20.6 Å². The number of carbonyl (C=O) groups excluding carboxylic acids is 1. The molecule has 1 aromatic carbocycles. The van der Waals surface area contributed by atoms with Crippen molar-refractivity contribution in [3.05, 3.63) is 90.3 Å². The van der Waals surface area contributed by atoms with Crippen LogP contribution in [-0.2, 0) is 6.42 Å². The number of urea groups is 1. The van der Waals surface area contributed by atoms with Gasteiger partial charge in [-0.2, -0.15) is 0 Å². The number of nitrogens with zero attached hydrogens (tertiary/aromatic N) is 2. The number of nitrogens with one attached hydrogen (secondary N) is 2. The second kappa shape index (κ2) is 8.01. The fourth-order valence-electron chi connectivity index (χ4n) is 2.46. The second-order valence-corrected chi connectivity index (χ2v) is 5.44. The molecule has 5 nitrogen and oxygen atoms in total. The Balaban J connectivity index is 1.75. The van der Waals surface area contributed by atoms with Crippen LogP contribution >= 0.6 is 0 Å². The molecule has 0 saturated heterocycles. The van der Waals surface area contributed by atoms with Crippen LogP contribution in [0.3, 0.4) is 0 Å². The molecule has 2 aromatic heterocycles. The molecule has 25 heavy (non-hydrogen) atoms. The molecule has 126 valence electrons. The molecule has 6 heteroatoms. The SMILES string of the molecule is O=C(Nc1ccncc1F)N[C@H](Cc1ccccn1)c1ccccc1. The number of benzene rings is 1. The van der Waals surface area contributed by atoms with Crippen LogP contribution in [0, 0.1) is 5.82 Å². The minimum Gasteiger partial charge on any atom is -0.331 e. The van der Waals surface area contributed by atoms with Gasteiger partial charge in [0.05, 0.1) is 17.9 Å². The van der Waals surface area contributed by atoms with Crippen molar-refractivity contribution in [2.24, 2.45) is 0 Å². The lowest BCUT2D eigenvalue weighted by atomic mass is 10.0. The topological polar surface area (TPSA) is 66.9 Å². The fraction of sp³-hybridized carbons (Fsp3) is 0.105. The van der Waals surface area contributed by atoms with Crippen LogP contribution in [-0.4, -0.2) is 16.0 Å². The number of anilines is 1. The molecule has 0 aliphatic heterocycles. The molecular weight excluding hydrogens is 319 g/mol. The highest BCUT2D eigenvalue weighted by Gasteiger charge is 2.16. The third-order valence-electron chi connectivity index (χ3n) is 3.67. The van der Waals surface area contributed by atoms with E-state index >= 15 is 0 Å². The van der Waals surface area contributed by atoms with Crippen molar-refractivity contribution in [2.75, 3.05) is 5.32 Å². The van der Waals surface area contributed by atoms with Gasteiger partial charge in [0.15, 0.2) is 5.82 Å². The molecule has 0 aliphatic carbocycles. The second-order valence-electron chi connectivity index (χ2n) is 5.44. The highest BCUT2D eigenvalue weighted by molar-refractivity contribution is 5.89.